The minimum absolute atomic E-state index is 1.01. The van der Waals surface area contributed by atoms with Gasteiger partial charge in [0.25, 0.3) is 0 Å². The van der Waals surface area contributed by atoms with Crippen LogP contribution in [0.2, 0.25) is 0 Å². The zero-order chi connectivity index (χ0) is 8.81. The number of unbranched alkanes of at least 4 members (excludes halogenated alkanes) is 1. The Morgan fingerprint density at radius 3 is 3.00 bits per heavy atom. The van der Waals surface area contributed by atoms with Crippen molar-refractivity contribution in [1.29, 1.82) is 0 Å². The van der Waals surface area contributed by atoms with Crippen LogP contribution in [-0.2, 0) is 0 Å². The first kappa shape index (κ1) is 10.0. The van der Waals surface area contributed by atoms with Gasteiger partial charge in [0.1, 0.15) is 0 Å². The fraction of sp³-hybridized carbons (Fsp3) is 0.909. The number of likely N-dealkylation sites (tertiary alicyclic amines) is 1. The van der Waals surface area contributed by atoms with Crippen LogP contribution in [0.15, 0.2) is 0 Å². The molecule has 1 radical (unpaired) electrons. The molecule has 0 aromatic rings. The van der Waals surface area contributed by atoms with E-state index in [0.717, 1.165) is 5.92 Å². The molecule has 0 aromatic carbocycles. The van der Waals surface area contributed by atoms with Gasteiger partial charge in [-0.25, -0.2) is 0 Å². The van der Waals surface area contributed by atoms with Crippen molar-refractivity contribution in [1.82, 2.24) is 4.90 Å². The van der Waals surface area contributed by atoms with Crippen LogP contribution in [0.3, 0.4) is 0 Å². The first-order valence-electron chi connectivity index (χ1n) is 5.37. The predicted octanol–water partition coefficient (Wildman–Crippen LogP) is 2.72. The standard InChI is InChI=1S/C11H22N/c1-3-5-8-12-9-7-11(10-12)6-4-2/h3,11H,4-10H2,1-2H3. The van der Waals surface area contributed by atoms with E-state index in [-0.39, 0.29) is 0 Å². The maximum atomic E-state index is 2.61. The Hall–Kier alpha value is -0.0400. The molecule has 1 aliphatic rings. The molecule has 1 rings (SSSR count). The summed E-state index contributed by atoms with van der Waals surface area (Å²) in [6, 6.07) is 0. The van der Waals surface area contributed by atoms with Gasteiger partial charge in [0, 0.05) is 6.54 Å². The van der Waals surface area contributed by atoms with E-state index in [9.17, 15) is 0 Å². The Labute approximate surface area is 77.1 Å². The molecule has 0 N–H and O–H groups in total. The lowest BCUT2D eigenvalue weighted by Crippen LogP contribution is -2.21. The Morgan fingerprint density at radius 1 is 1.50 bits per heavy atom. The highest BCUT2D eigenvalue weighted by Gasteiger charge is 2.20. The molecule has 1 nitrogen and oxygen atoms in total. The topological polar surface area (TPSA) is 3.24 Å². The summed E-state index contributed by atoms with van der Waals surface area (Å²) in [4.78, 5) is 2.61. The van der Waals surface area contributed by atoms with Gasteiger partial charge < -0.3 is 4.90 Å². The lowest BCUT2D eigenvalue weighted by atomic mass is 10.0. The summed E-state index contributed by atoms with van der Waals surface area (Å²) in [5.41, 5.74) is 0. The van der Waals surface area contributed by atoms with Crippen LogP contribution in [0.25, 0.3) is 0 Å². The van der Waals surface area contributed by atoms with Crippen molar-refractivity contribution in [2.75, 3.05) is 19.6 Å². The van der Waals surface area contributed by atoms with E-state index in [0.29, 0.717) is 0 Å². The summed E-state index contributed by atoms with van der Waals surface area (Å²) in [6.45, 7) is 8.44. The van der Waals surface area contributed by atoms with Gasteiger partial charge in [-0.15, -0.1) is 0 Å². The fourth-order valence-electron chi connectivity index (χ4n) is 2.07. The van der Waals surface area contributed by atoms with E-state index in [4.69, 9.17) is 0 Å². The van der Waals surface area contributed by atoms with Crippen molar-refractivity contribution < 1.29 is 0 Å². The van der Waals surface area contributed by atoms with Gasteiger partial charge in [0.15, 0.2) is 0 Å². The smallest absolute Gasteiger partial charge is 0.00101 e. The summed E-state index contributed by atoms with van der Waals surface area (Å²) >= 11 is 0. The van der Waals surface area contributed by atoms with Crippen LogP contribution in [0.5, 0.6) is 0 Å². The molecule has 1 saturated heterocycles. The average Bonchev–Trinajstić information content (AvgIpc) is 2.50. The number of hydrogen-bond donors (Lipinski definition) is 0. The molecule has 1 atom stereocenters. The van der Waals surface area contributed by atoms with E-state index in [1.807, 2.05) is 0 Å². The highest BCUT2D eigenvalue weighted by atomic mass is 15.1. The summed E-state index contributed by atoms with van der Waals surface area (Å²) in [5, 5.41) is 0. The van der Waals surface area contributed by atoms with Crippen molar-refractivity contribution in [3.63, 3.8) is 0 Å². The lowest BCUT2D eigenvalue weighted by molar-refractivity contribution is 0.323. The fourth-order valence-corrected chi connectivity index (χ4v) is 2.07. The van der Waals surface area contributed by atoms with E-state index in [1.165, 1.54) is 45.3 Å². The summed E-state index contributed by atoms with van der Waals surface area (Å²) in [5.74, 6) is 1.01. The van der Waals surface area contributed by atoms with Crippen molar-refractivity contribution in [2.24, 2.45) is 5.92 Å². The van der Waals surface area contributed by atoms with E-state index < -0.39 is 0 Å². The van der Waals surface area contributed by atoms with Gasteiger partial charge in [-0.2, -0.15) is 0 Å². The van der Waals surface area contributed by atoms with Crippen LogP contribution in [-0.4, -0.2) is 24.5 Å². The minimum Gasteiger partial charge on any atom is -0.303 e. The molecule has 12 heavy (non-hydrogen) atoms. The number of nitrogens with zero attached hydrogens (tertiary/aromatic N) is 1. The van der Waals surface area contributed by atoms with Crippen LogP contribution in [0.4, 0.5) is 0 Å². The van der Waals surface area contributed by atoms with Gasteiger partial charge in [0.2, 0.25) is 0 Å². The largest absolute Gasteiger partial charge is 0.303 e. The van der Waals surface area contributed by atoms with Crippen molar-refractivity contribution in [3.05, 3.63) is 6.42 Å². The number of hydrogen-bond acceptors (Lipinski definition) is 1. The Bertz CT molecular complexity index is 112. The number of rotatable bonds is 5. The quantitative estimate of drug-likeness (QED) is 0.610. The normalized spacial score (nSPS) is 25.0. The molecule has 1 heterocycles. The third-order valence-corrected chi connectivity index (χ3v) is 2.80. The second-order valence-corrected chi connectivity index (χ2v) is 3.94. The van der Waals surface area contributed by atoms with Gasteiger partial charge in [-0.1, -0.05) is 20.3 Å². The van der Waals surface area contributed by atoms with Crippen molar-refractivity contribution >= 4 is 0 Å². The molecule has 0 saturated carbocycles. The molecule has 0 spiro atoms. The second kappa shape index (κ2) is 5.58. The van der Waals surface area contributed by atoms with Gasteiger partial charge in [-0.05, 0) is 44.7 Å². The molecule has 1 aliphatic heterocycles. The third kappa shape index (κ3) is 3.14. The van der Waals surface area contributed by atoms with E-state index in [2.05, 4.69) is 25.2 Å². The van der Waals surface area contributed by atoms with Gasteiger partial charge in [0.05, 0.1) is 0 Å². The van der Waals surface area contributed by atoms with Crippen LogP contribution < -0.4 is 0 Å². The monoisotopic (exact) mass is 168 g/mol. The van der Waals surface area contributed by atoms with Crippen molar-refractivity contribution in [3.8, 4) is 0 Å². The van der Waals surface area contributed by atoms with Crippen LogP contribution in [0.1, 0.15) is 39.5 Å². The van der Waals surface area contributed by atoms with Crippen molar-refractivity contribution in [2.45, 2.75) is 39.5 Å². The molecule has 0 aliphatic carbocycles. The SMILES string of the molecule is C[CH]CCN1CCC(CCC)C1. The van der Waals surface area contributed by atoms with E-state index >= 15 is 0 Å². The third-order valence-electron chi connectivity index (χ3n) is 2.80. The van der Waals surface area contributed by atoms with Gasteiger partial charge >= 0.3 is 0 Å². The van der Waals surface area contributed by atoms with Gasteiger partial charge in [-0.3, -0.25) is 0 Å². The second-order valence-electron chi connectivity index (χ2n) is 3.94. The zero-order valence-electron chi connectivity index (χ0n) is 8.55. The molecule has 0 bridgehead atoms. The van der Waals surface area contributed by atoms with E-state index in [1.54, 1.807) is 0 Å². The summed E-state index contributed by atoms with van der Waals surface area (Å²) in [7, 11) is 0. The predicted molar refractivity (Wildman–Crippen MR) is 54.0 cm³/mol. The Morgan fingerprint density at radius 2 is 2.33 bits per heavy atom. The first-order valence-corrected chi connectivity index (χ1v) is 5.37. The van der Waals surface area contributed by atoms with Crippen LogP contribution >= 0.6 is 0 Å². The molecular formula is C11H22N. The average molecular weight is 168 g/mol. The molecule has 0 aromatic heterocycles. The molecule has 0 amide bonds. The minimum atomic E-state index is 1.01. The molecule has 71 valence electrons. The molecule has 1 unspecified atom stereocenters. The van der Waals surface area contributed by atoms with Crippen LogP contribution in [0, 0.1) is 12.3 Å². The maximum Gasteiger partial charge on any atom is 0.00101 e. The highest BCUT2D eigenvalue weighted by Crippen LogP contribution is 2.20. The zero-order valence-corrected chi connectivity index (χ0v) is 8.55. The Balaban J connectivity index is 2.08. The Kier molecular flexibility index (Phi) is 4.67. The molecule has 1 fully saturated rings. The molecule has 1 heteroatoms. The highest BCUT2D eigenvalue weighted by molar-refractivity contribution is 4.76. The maximum absolute atomic E-state index is 2.61. The lowest BCUT2D eigenvalue weighted by Gasteiger charge is -2.14. The summed E-state index contributed by atoms with van der Waals surface area (Å²) in [6.07, 6.45) is 7.77. The molecular weight excluding hydrogens is 146 g/mol. The summed E-state index contributed by atoms with van der Waals surface area (Å²) < 4.78 is 0. The first-order chi connectivity index (χ1) is 5.86.